The summed E-state index contributed by atoms with van der Waals surface area (Å²) in [7, 11) is 0. The second kappa shape index (κ2) is 10.2. The molecule has 6 nitrogen and oxygen atoms in total. The largest absolute Gasteiger partial charge is 0.444 e. The lowest BCUT2D eigenvalue weighted by atomic mass is 10.00. The van der Waals surface area contributed by atoms with E-state index in [-0.39, 0.29) is 23.0 Å². The van der Waals surface area contributed by atoms with Gasteiger partial charge in [-0.2, -0.15) is 0 Å². The van der Waals surface area contributed by atoms with Crippen LogP contribution in [0.5, 0.6) is 0 Å². The molecule has 0 spiro atoms. The van der Waals surface area contributed by atoms with Crippen molar-refractivity contribution in [2.75, 3.05) is 5.32 Å². The average molecular weight is 465 g/mol. The molecule has 0 aliphatic carbocycles. The molecule has 2 amide bonds. The van der Waals surface area contributed by atoms with Crippen LogP contribution in [0.15, 0.2) is 42.5 Å². The van der Waals surface area contributed by atoms with Crippen LogP contribution in [0.1, 0.15) is 50.5 Å². The molecule has 31 heavy (non-hydrogen) atoms. The molecular formula is C23H26Cl2N2O4. The summed E-state index contributed by atoms with van der Waals surface area (Å²) < 4.78 is 5.25. The highest BCUT2D eigenvalue weighted by Gasteiger charge is 2.28. The van der Waals surface area contributed by atoms with E-state index in [0.717, 1.165) is 0 Å². The number of nitrogens with one attached hydrogen (secondary N) is 2. The maximum absolute atomic E-state index is 13.0. The number of ether oxygens (including phenoxy) is 1. The molecular weight excluding hydrogens is 439 g/mol. The summed E-state index contributed by atoms with van der Waals surface area (Å²) in [5.41, 5.74) is 0.144. The fourth-order valence-corrected chi connectivity index (χ4v) is 3.14. The highest BCUT2D eigenvalue weighted by Crippen LogP contribution is 2.25. The Morgan fingerprint density at radius 2 is 1.61 bits per heavy atom. The van der Waals surface area contributed by atoms with Crippen molar-refractivity contribution in [1.82, 2.24) is 5.32 Å². The van der Waals surface area contributed by atoms with E-state index in [1.165, 1.54) is 12.1 Å². The Labute approximate surface area is 192 Å². The molecule has 166 valence electrons. The minimum Gasteiger partial charge on any atom is -0.444 e. The molecule has 0 aliphatic heterocycles. The van der Waals surface area contributed by atoms with Gasteiger partial charge < -0.3 is 15.4 Å². The van der Waals surface area contributed by atoms with E-state index in [9.17, 15) is 14.4 Å². The summed E-state index contributed by atoms with van der Waals surface area (Å²) in [6, 6.07) is 10.2. The number of rotatable bonds is 6. The number of carbonyl (C=O) groups is 3. The Bertz CT molecular complexity index is 984. The second-order valence-electron chi connectivity index (χ2n) is 8.39. The molecule has 1 atom stereocenters. The molecule has 0 unspecified atom stereocenters. The van der Waals surface area contributed by atoms with Crippen LogP contribution in [-0.4, -0.2) is 29.4 Å². The van der Waals surface area contributed by atoms with Gasteiger partial charge in [0.1, 0.15) is 11.6 Å². The van der Waals surface area contributed by atoms with Gasteiger partial charge in [-0.3, -0.25) is 9.59 Å². The van der Waals surface area contributed by atoms with Crippen molar-refractivity contribution in [2.45, 2.75) is 46.3 Å². The Kier molecular flexibility index (Phi) is 8.09. The SMILES string of the molecule is CC(C)[C@H](NC(=O)OC(C)(C)C)C(=O)Nc1ccc(Cl)cc1C(=O)c1cccc(Cl)c1. The smallest absolute Gasteiger partial charge is 0.408 e. The van der Waals surface area contributed by atoms with Crippen LogP contribution in [0.2, 0.25) is 10.0 Å². The van der Waals surface area contributed by atoms with Gasteiger partial charge in [0.2, 0.25) is 5.91 Å². The minimum absolute atomic E-state index is 0.211. The molecule has 0 fully saturated rings. The van der Waals surface area contributed by atoms with Crippen LogP contribution >= 0.6 is 23.2 Å². The summed E-state index contributed by atoms with van der Waals surface area (Å²) in [6.45, 7) is 8.79. The Morgan fingerprint density at radius 3 is 2.19 bits per heavy atom. The van der Waals surface area contributed by atoms with Gasteiger partial charge in [0.15, 0.2) is 5.78 Å². The minimum atomic E-state index is -0.875. The van der Waals surface area contributed by atoms with E-state index in [1.54, 1.807) is 65.0 Å². The Balaban J connectivity index is 2.29. The lowest BCUT2D eigenvalue weighted by molar-refractivity contribution is -0.119. The Hall–Kier alpha value is -2.57. The predicted octanol–water partition coefficient (Wildman–Crippen LogP) is 5.71. The van der Waals surface area contributed by atoms with Crippen LogP contribution in [0.3, 0.4) is 0 Å². The van der Waals surface area contributed by atoms with Gasteiger partial charge in [0.05, 0.1) is 5.69 Å². The van der Waals surface area contributed by atoms with Gasteiger partial charge in [0.25, 0.3) is 0 Å². The number of ketones is 1. The molecule has 0 saturated heterocycles. The summed E-state index contributed by atoms with van der Waals surface area (Å²) >= 11 is 12.1. The first kappa shape index (κ1) is 24.7. The van der Waals surface area contributed by atoms with Crippen molar-refractivity contribution >= 4 is 46.7 Å². The number of hydrogen-bond donors (Lipinski definition) is 2. The van der Waals surface area contributed by atoms with Crippen LogP contribution in [-0.2, 0) is 9.53 Å². The summed E-state index contributed by atoms with van der Waals surface area (Å²) in [5, 5.41) is 6.08. The predicted molar refractivity (Wildman–Crippen MR) is 123 cm³/mol. The molecule has 2 N–H and O–H groups in total. The third kappa shape index (κ3) is 7.26. The number of benzene rings is 2. The molecule has 2 rings (SSSR count). The van der Waals surface area contributed by atoms with E-state index >= 15 is 0 Å². The molecule has 0 aromatic heterocycles. The fourth-order valence-electron chi connectivity index (χ4n) is 2.78. The number of halogens is 2. The third-order valence-electron chi connectivity index (χ3n) is 4.19. The monoisotopic (exact) mass is 464 g/mol. The standard InChI is InChI=1S/C23H26Cl2N2O4/c1-13(2)19(27-22(30)31-23(3,4)5)21(29)26-18-10-9-16(25)12-17(18)20(28)14-7-6-8-15(24)11-14/h6-13,19H,1-5H3,(H,26,29)(H,27,30)/t19-/m0/s1. The number of alkyl carbamates (subject to hydrolysis) is 1. The lowest BCUT2D eigenvalue weighted by Gasteiger charge is -2.25. The highest BCUT2D eigenvalue weighted by molar-refractivity contribution is 6.32. The first-order valence-corrected chi connectivity index (χ1v) is 10.5. The zero-order valence-electron chi connectivity index (χ0n) is 18.1. The van der Waals surface area contributed by atoms with Gasteiger partial charge in [-0.25, -0.2) is 4.79 Å². The molecule has 0 aliphatic rings. The van der Waals surface area contributed by atoms with E-state index in [1.807, 2.05) is 0 Å². The van der Waals surface area contributed by atoms with Crippen molar-refractivity contribution in [3.63, 3.8) is 0 Å². The average Bonchev–Trinajstić information content (AvgIpc) is 2.65. The van der Waals surface area contributed by atoms with Gasteiger partial charge in [-0.1, -0.05) is 49.2 Å². The van der Waals surface area contributed by atoms with Gasteiger partial charge in [-0.05, 0) is 57.0 Å². The Morgan fingerprint density at radius 1 is 0.968 bits per heavy atom. The number of amides is 2. The molecule has 0 saturated carbocycles. The lowest BCUT2D eigenvalue weighted by Crippen LogP contribution is -2.48. The number of anilines is 1. The molecule has 8 heteroatoms. The van der Waals surface area contributed by atoms with E-state index < -0.39 is 23.6 Å². The zero-order valence-corrected chi connectivity index (χ0v) is 19.6. The highest BCUT2D eigenvalue weighted by atomic mass is 35.5. The maximum atomic E-state index is 13.0. The quantitative estimate of drug-likeness (QED) is 0.535. The van der Waals surface area contributed by atoms with Crippen molar-refractivity contribution in [3.05, 3.63) is 63.6 Å². The second-order valence-corrected chi connectivity index (χ2v) is 9.26. The topological polar surface area (TPSA) is 84.5 Å². The van der Waals surface area contributed by atoms with E-state index in [4.69, 9.17) is 27.9 Å². The van der Waals surface area contributed by atoms with Crippen molar-refractivity contribution in [3.8, 4) is 0 Å². The maximum Gasteiger partial charge on any atom is 0.408 e. The van der Waals surface area contributed by atoms with Crippen molar-refractivity contribution in [2.24, 2.45) is 5.92 Å². The number of hydrogen-bond acceptors (Lipinski definition) is 4. The summed E-state index contributed by atoms with van der Waals surface area (Å²) in [6.07, 6.45) is -0.701. The van der Waals surface area contributed by atoms with Crippen LogP contribution in [0.25, 0.3) is 0 Å². The van der Waals surface area contributed by atoms with E-state index in [2.05, 4.69) is 10.6 Å². The van der Waals surface area contributed by atoms with Crippen LogP contribution < -0.4 is 10.6 Å². The van der Waals surface area contributed by atoms with Gasteiger partial charge in [0, 0.05) is 21.2 Å². The molecule has 0 heterocycles. The summed E-state index contributed by atoms with van der Waals surface area (Å²) in [4.78, 5) is 38.2. The first-order valence-electron chi connectivity index (χ1n) is 9.77. The molecule has 0 bridgehead atoms. The van der Waals surface area contributed by atoms with Crippen LogP contribution in [0.4, 0.5) is 10.5 Å². The van der Waals surface area contributed by atoms with Crippen molar-refractivity contribution in [1.29, 1.82) is 0 Å². The number of carbonyl (C=O) groups excluding carboxylic acids is 3. The molecule has 0 radical (unpaired) electrons. The van der Waals surface area contributed by atoms with Gasteiger partial charge in [-0.15, -0.1) is 0 Å². The van der Waals surface area contributed by atoms with E-state index in [0.29, 0.717) is 15.6 Å². The van der Waals surface area contributed by atoms with Crippen molar-refractivity contribution < 1.29 is 19.1 Å². The zero-order chi connectivity index (χ0) is 23.3. The normalized spacial score (nSPS) is 12.3. The third-order valence-corrected chi connectivity index (χ3v) is 4.66. The molecule has 2 aromatic carbocycles. The van der Waals surface area contributed by atoms with Gasteiger partial charge >= 0.3 is 6.09 Å². The first-order chi connectivity index (χ1) is 14.4. The molecule has 2 aromatic rings. The fraction of sp³-hybridized carbons (Fsp3) is 0.348. The van der Waals surface area contributed by atoms with Crippen LogP contribution in [0, 0.1) is 5.92 Å². The summed E-state index contributed by atoms with van der Waals surface area (Å²) in [5.74, 6) is -1.06.